The van der Waals surface area contributed by atoms with Gasteiger partial charge in [0, 0.05) is 6.42 Å². The second kappa shape index (κ2) is 5.60. The molecule has 1 aliphatic rings. The Morgan fingerprint density at radius 2 is 2.11 bits per heavy atom. The zero-order chi connectivity index (χ0) is 13.7. The molecular formula is C13H15N3O3. The molecule has 2 rings (SSSR count). The number of esters is 1. The van der Waals surface area contributed by atoms with Gasteiger partial charge in [-0.15, -0.1) is 0 Å². The van der Waals surface area contributed by atoms with E-state index in [9.17, 15) is 9.59 Å². The fourth-order valence-electron chi connectivity index (χ4n) is 1.84. The highest BCUT2D eigenvalue weighted by molar-refractivity contribution is 6.07. The molecular weight excluding hydrogens is 246 g/mol. The number of benzene rings is 1. The summed E-state index contributed by atoms with van der Waals surface area (Å²) in [5.74, 6) is -0.924. The molecule has 6 heteroatoms. The van der Waals surface area contributed by atoms with E-state index < -0.39 is 11.5 Å². The summed E-state index contributed by atoms with van der Waals surface area (Å²) in [5.41, 5.74) is 1.98. The van der Waals surface area contributed by atoms with Gasteiger partial charge in [0.1, 0.15) is 6.61 Å². The standard InChI is InChI=1S/C13H15N3O3/c1-10(17)13(7-8-14-16-15-13)12(18)19-9-11-5-3-2-4-6-11/h2-6H,7-9H2,1H3,(H,14,15). The summed E-state index contributed by atoms with van der Waals surface area (Å²) in [7, 11) is 0. The van der Waals surface area contributed by atoms with E-state index in [0.717, 1.165) is 5.56 Å². The number of hydrogen-bond acceptors (Lipinski definition) is 6. The lowest BCUT2D eigenvalue weighted by atomic mass is 9.91. The summed E-state index contributed by atoms with van der Waals surface area (Å²) in [6.07, 6.45) is 0.263. The normalized spacial score (nSPS) is 21.5. The Morgan fingerprint density at radius 3 is 2.68 bits per heavy atom. The van der Waals surface area contributed by atoms with Gasteiger partial charge < -0.3 is 4.74 Å². The largest absolute Gasteiger partial charge is 0.459 e. The molecule has 0 fully saturated rings. The summed E-state index contributed by atoms with van der Waals surface area (Å²) < 4.78 is 5.21. The van der Waals surface area contributed by atoms with E-state index in [0.29, 0.717) is 6.54 Å². The molecule has 1 aromatic carbocycles. The molecule has 1 atom stereocenters. The van der Waals surface area contributed by atoms with Crippen LogP contribution in [0.1, 0.15) is 18.9 Å². The smallest absolute Gasteiger partial charge is 0.341 e. The lowest BCUT2D eigenvalue weighted by Gasteiger charge is -2.29. The Labute approximate surface area is 110 Å². The maximum Gasteiger partial charge on any atom is 0.341 e. The van der Waals surface area contributed by atoms with Gasteiger partial charge in [0.15, 0.2) is 5.78 Å². The molecule has 6 nitrogen and oxygen atoms in total. The summed E-state index contributed by atoms with van der Waals surface area (Å²) in [6, 6.07) is 9.29. The van der Waals surface area contributed by atoms with E-state index in [1.54, 1.807) is 0 Å². The van der Waals surface area contributed by atoms with Crippen molar-refractivity contribution in [1.29, 1.82) is 0 Å². The molecule has 1 heterocycles. The summed E-state index contributed by atoms with van der Waals surface area (Å²) in [6.45, 7) is 1.80. The number of ether oxygens (including phenoxy) is 1. The van der Waals surface area contributed by atoms with Crippen LogP contribution in [0.4, 0.5) is 0 Å². The Morgan fingerprint density at radius 1 is 1.37 bits per heavy atom. The van der Waals surface area contributed by atoms with Crippen molar-refractivity contribution in [2.75, 3.05) is 6.54 Å². The Hall–Kier alpha value is -2.24. The van der Waals surface area contributed by atoms with Crippen molar-refractivity contribution in [2.24, 2.45) is 10.3 Å². The van der Waals surface area contributed by atoms with Crippen molar-refractivity contribution >= 4 is 11.8 Å². The number of Topliss-reactive ketones (excluding diaryl/α,β-unsaturated/α-hetero) is 1. The molecule has 0 spiro atoms. The average Bonchev–Trinajstić information content (AvgIpc) is 2.46. The number of nitrogens with zero attached hydrogens (tertiary/aromatic N) is 2. The zero-order valence-corrected chi connectivity index (χ0v) is 10.6. The minimum atomic E-state index is -1.39. The zero-order valence-electron chi connectivity index (χ0n) is 10.6. The van der Waals surface area contributed by atoms with Crippen molar-refractivity contribution in [2.45, 2.75) is 25.5 Å². The third kappa shape index (κ3) is 2.78. The monoisotopic (exact) mass is 261 g/mol. The number of carbonyl (C=O) groups excluding carboxylic acids is 2. The molecule has 0 bridgehead atoms. The van der Waals surface area contributed by atoms with Crippen LogP contribution in [-0.4, -0.2) is 23.8 Å². The SMILES string of the molecule is CC(=O)C1(C(=O)OCc2ccccc2)CCN=NN1. The highest BCUT2D eigenvalue weighted by atomic mass is 16.5. The fourth-order valence-corrected chi connectivity index (χ4v) is 1.84. The minimum absolute atomic E-state index is 0.132. The maximum absolute atomic E-state index is 12.1. The predicted octanol–water partition coefficient (Wildman–Crippen LogP) is 1.42. The van der Waals surface area contributed by atoms with E-state index in [-0.39, 0.29) is 18.8 Å². The Kier molecular flexibility index (Phi) is 3.89. The van der Waals surface area contributed by atoms with Crippen LogP contribution in [0.3, 0.4) is 0 Å². The summed E-state index contributed by atoms with van der Waals surface area (Å²) >= 11 is 0. The quantitative estimate of drug-likeness (QED) is 0.656. The first kappa shape index (κ1) is 13.2. The van der Waals surface area contributed by atoms with Gasteiger partial charge >= 0.3 is 5.97 Å². The van der Waals surface area contributed by atoms with Crippen LogP contribution in [-0.2, 0) is 20.9 Å². The van der Waals surface area contributed by atoms with Gasteiger partial charge in [-0.05, 0) is 12.5 Å². The van der Waals surface area contributed by atoms with Crippen LogP contribution in [0.2, 0.25) is 0 Å². The fraction of sp³-hybridized carbons (Fsp3) is 0.385. The van der Waals surface area contributed by atoms with Crippen LogP contribution in [0, 0.1) is 0 Å². The highest BCUT2D eigenvalue weighted by Gasteiger charge is 2.46. The Balaban J connectivity index is 2.05. The van der Waals surface area contributed by atoms with Crippen LogP contribution in [0.15, 0.2) is 40.7 Å². The molecule has 1 aromatic rings. The Bertz CT molecular complexity index is 501. The molecule has 1 aliphatic heterocycles. The molecule has 0 saturated carbocycles. The van der Waals surface area contributed by atoms with Crippen LogP contribution >= 0.6 is 0 Å². The molecule has 100 valence electrons. The number of nitrogens with one attached hydrogen (secondary N) is 1. The second-order valence-electron chi connectivity index (χ2n) is 4.35. The van der Waals surface area contributed by atoms with Crippen LogP contribution < -0.4 is 5.43 Å². The van der Waals surface area contributed by atoms with E-state index in [4.69, 9.17) is 4.74 Å². The molecule has 19 heavy (non-hydrogen) atoms. The van der Waals surface area contributed by atoms with Crippen LogP contribution in [0.5, 0.6) is 0 Å². The third-order valence-corrected chi connectivity index (χ3v) is 3.06. The first-order chi connectivity index (χ1) is 9.15. The van der Waals surface area contributed by atoms with E-state index in [1.165, 1.54) is 6.92 Å². The first-order valence-electron chi connectivity index (χ1n) is 6.01. The molecule has 0 saturated heterocycles. The average molecular weight is 261 g/mol. The van der Waals surface area contributed by atoms with Crippen molar-refractivity contribution in [3.8, 4) is 0 Å². The number of hydrogen-bond donors (Lipinski definition) is 1. The first-order valence-corrected chi connectivity index (χ1v) is 6.01. The number of rotatable bonds is 4. The van der Waals surface area contributed by atoms with Crippen molar-refractivity contribution in [1.82, 2.24) is 5.43 Å². The van der Waals surface area contributed by atoms with Gasteiger partial charge in [0.2, 0.25) is 5.54 Å². The number of ketones is 1. The summed E-state index contributed by atoms with van der Waals surface area (Å²) in [5, 5.41) is 7.29. The third-order valence-electron chi connectivity index (χ3n) is 3.06. The molecule has 0 aromatic heterocycles. The molecule has 0 radical (unpaired) electrons. The predicted molar refractivity (Wildman–Crippen MR) is 67.1 cm³/mol. The minimum Gasteiger partial charge on any atom is -0.459 e. The second-order valence-corrected chi connectivity index (χ2v) is 4.35. The molecule has 0 aliphatic carbocycles. The van der Waals surface area contributed by atoms with E-state index >= 15 is 0 Å². The van der Waals surface area contributed by atoms with Crippen molar-refractivity contribution in [3.63, 3.8) is 0 Å². The maximum atomic E-state index is 12.1. The van der Waals surface area contributed by atoms with E-state index in [1.807, 2.05) is 30.3 Å². The van der Waals surface area contributed by atoms with Gasteiger partial charge in [-0.2, -0.15) is 5.11 Å². The molecule has 1 unspecified atom stereocenters. The lowest BCUT2D eigenvalue weighted by Crippen LogP contribution is -2.57. The van der Waals surface area contributed by atoms with Crippen LogP contribution in [0.25, 0.3) is 0 Å². The van der Waals surface area contributed by atoms with Gasteiger partial charge in [-0.25, -0.2) is 4.79 Å². The molecule has 1 N–H and O–H groups in total. The van der Waals surface area contributed by atoms with Crippen molar-refractivity contribution < 1.29 is 14.3 Å². The summed E-state index contributed by atoms with van der Waals surface area (Å²) in [4.78, 5) is 23.8. The van der Waals surface area contributed by atoms with E-state index in [2.05, 4.69) is 15.8 Å². The van der Waals surface area contributed by atoms with Gasteiger partial charge in [-0.1, -0.05) is 35.6 Å². The highest BCUT2D eigenvalue weighted by Crippen LogP contribution is 2.19. The van der Waals surface area contributed by atoms with Gasteiger partial charge in [0.05, 0.1) is 6.54 Å². The lowest BCUT2D eigenvalue weighted by molar-refractivity contribution is -0.157. The van der Waals surface area contributed by atoms with Gasteiger partial charge in [-0.3, -0.25) is 10.2 Å². The van der Waals surface area contributed by atoms with Crippen molar-refractivity contribution in [3.05, 3.63) is 35.9 Å². The molecule has 0 amide bonds. The topological polar surface area (TPSA) is 80.1 Å². The van der Waals surface area contributed by atoms with Gasteiger partial charge in [0.25, 0.3) is 0 Å². The number of carbonyl (C=O) groups is 2.